The summed E-state index contributed by atoms with van der Waals surface area (Å²) in [5.74, 6) is 1.47. The SMILES string of the molecule is CC(C)(C)CCC1CCN(CCN2CCCC(c3ccccc3)c3ccccc32)CC1. The maximum absolute atomic E-state index is 2.72. The van der Waals surface area contributed by atoms with Crippen LogP contribution < -0.4 is 4.90 Å². The predicted octanol–water partition coefficient (Wildman–Crippen LogP) is 6.96. The fourth-order valence-corrected chi connectivity index (χ4v) is 5.49. The van der Waals surface area contributed by atoms with Gasteiger partial charge in [0.25, 0.3) is 0 Å². The molecular weight excluding hydrogens is 376 g/mol. The normalized spacial score (nSPS) is 21.0. The number of piperidine rings is 1. The van der Waals surface area contributed by atoms with E-state index < -0.39 is 0 Å². The van der Waals surface area contributed by atoms with E-state index in [1.807, 2.05) is 0 Å². The van der Waals surface area contributed by atoms with Crippen molar-refractivity contribution in [1.82, 2.24) is 4.90 Å². The van der Waals surface area contributed by atoms with Gasteiger partial charge in [-0.25, -0.2) is 0 Å². The summed E-state index contributed by atoms with van der Waals surface area (Å²) >= 11 is 0. The van der Waals surface area contributed by atoms with E-state index in [0.29, 0.717) is 11.3 Å². The van der Waals surface area contributed by atoms with Gasteiger partial charge < -0.3 is 9.80 Å². The number of nitrogens with zero attached hydrogens (tertiary/aromatic N) is 2. The molecule has 2 aromatic carbocycles. The van der Waals surface area contributed by atoms with Gasteiger partial charge in [-0.1, -0.05) is 69.3 Å². The van der Waals surface area contributed by atoms with E-state index in [1.54, 1.807) is 0 Å². The van der Waals surface area contributed by atoms with Crippen molar-refractivity contribution < 1.29 is 0 Å². The van der Waals surface area contributed by atoms with Crippen LogP contribution in [-0.4, -0.2) is 37.6 Å². The van der Waals surface area contributed by atoms with E-state index in [-0.39, 0.29) is 0 Å². The van der Waals surface area contributed by atoms with Crippen molar-refractivity contribution in [3.05, 3.63) is 65.7 Å². The molecule has 2 aliphatic heterocycles. The van der Waals surface area contributed by atoms with Crippen LogP contribution >= 0.6 is 0 Å². The summed E-state index contributed by atoms with van der Waals surface area (Å²) in [6, 6.07) is 20.3. The quantitative estimate of drug-likeness (QED) is 0.500. The number of benzene rings is 2. The number of likely N-dealkylation sites (tertiary alicyclic amines) is 1. The van der Waals surface area contributed by atoms with Gasteiger partial charge in [-0.2, -0.15) is 0 Å². The lowest BCUT2D eigenvalue weighted by atomic mass is 9.83. The highest BCUT2D eigenvalue weighted by molar-refractivity contribution is 5.58. The Labute approximate surface area is 190 Å². The summed E-state index contributed by atoms with van der Waals surface area (Å²) < 4.78 is 0. The Morgan fingerprint density at radius 2 is 1.52 bits per heavy atom. The van der Waals surface area contributed by atoms with Gasteiger partial charge in [-0.3, -0.25) is 0 Å². The smallest absolute Gasteiger partial charge is 0.0405 e. The average Bonchev–Trinajstić information content (AvgIpc) is 2.97. The molecule has 0 spiro atoms. The van der Waals surface area contributed by atoms with Gasteiger partial charge in [-0.15, -0.1) is 0 Å². The summed E-state index contributed by atoms with van der Waals surface area (Å²) in [7, 11) is 0. The Morgan fingerprint density at radius 1 is 0.806 bits per heavy atom. The fourth-order valence-electron chi connectivity index (χ4n) is 5.49. The molecule has 0 N–H and O–H groups in total. The molecule has 0 bridgehead atoms. The van der Waals surface area contributed by atoms with E-state index >= 15 is 0 Å². The maximum Gasteiger partial charge on any atom is 0.0405 e. The molecule has 1 saturated heterocycles. The highest BCUT2D eigenvalue weighted by atomic mass is 15.2. The predicted molar refractivity (Wildman–Crippen MR) is 134 cm³/mol. The molecular formula is C29H42N2. The van der Waals surface area contributed by atoms with Crippen molar-refractivity contribution in [3.63, 3.8) is 0 Å². The largest absolute Gasteiger partial charge is 0.370 e. The first-order chi connectivity index (χ1) is 15.0. The lowest BCUT2D eigenvalue weighted by Crippen LogP contribution is -2.40. The first kappa shape index (κ1) is 22.4. The van der Waals surface area contributed by atoms with Gasteiger partial charge in [0.2, 0.25) is 0 Å². The van der Waals surface area contributed by atoms with Crippen molar-refractivity contribution in [3.8, 4) is 0 Å². The molecule has 0 saturated carbocycles. The minimum Gasteiger partial charge on any atom is -0.370 e. The molecule has 1 atom stereocenters. The molecule has 0 amide bonds. The number of para-hydroxylation sites is 1. The van der Waals surface area contributed by atoms with Crippen molar-refractivity contribution in [2.45, 2.75) is 65.2 Å². The molecule has 2 heterocycles. The van der Waals surface area contributed by atoms with Crippen LogP contribution in [0.15, 0.2) is 54.6 Å². The van der Waals surface area contributed by atoms with Crippen molar-refractivity contribution in [2.75, 3.05) is 37.6 Å². The van der Waals surface area contributed by atoms with Crippen LogP contribution in [0.1, 0.15) is 76.3 Å². The van der Waals surface area contributed by atoms with E-state index in [2.05, 4.69) is 85.2 Å². The lowest BCUT2D eigenvalue weighted by Gasteiger charge is -2.35. The average molecular weight is 419 g/mol. The van der Waals surface area contributed by atoms with Gasteiger partial charge in [0.1, 0.15) is 0 Å². The zero-order chi connectivity index (χ0) is 21.7. The van der Waals surface area contributed by atoms with Crippen molar-refractivity contribution in [2.24, 2.45) is 11.3 Å². The highest BCUT2D eigenvalue weighted by Crippen LogP contribution is 2.38. The third-order valence-electron chi connectivity index (χ3n) is 7.47. The van der Waals surface area contributed by atoms with Gasteiger partial charge in [0, 0.05) is 31.2 Å². The summed E-state index contributed by atoms with van der Waals surface area (Å²) in [6.07, 6.45) is 8.08. The molecule has 2 aromatic rings. The Hall–Kier alpha value is -1.80. The van der Waals surface area contributed by atoms with Crippen LogP contribution in [0.2, 0.25) is 0 Å². The second-order valence-corrected chi connectivity index (χ2v) is 11.0. The monoisotopic (exact) mass is 418 g/mol. The molecule has 4 rings (SSSR count). The highest BCUT2D eigenvalue weighted by Gasteiger charge is 2.25. The minimum absolute atomic E-state index is 0.481. The fraction of sp³-hybridized carbons (Fsp3) is 0.586. The Balaban J connectivity index is 1.35. The van der Waals surface area contributed by atoms with Crippen LogP contribution in [0, 0.1) is 11.3 Å². The van der Waals surface area contributed by atoms with E-state index in [1.165, 1.54) is 81.5 Å². The summed E-state index contributed by atoms with van der Waals surface area (Å²) in [6.45, 7) is 13.3. The zero-order valence-corrected chi connectivity index (χ0v) is 20.0. The van der Waals surface area contributed by atoms with E-state index in [4.69, 9.17) is 0 Å². The topological polar surface area (TPSA) is 6.48 Å². The van der Waals surface area contributed by atoms with Crippen molar-refractivity contribution >= 4 is 5.69 Å². The van der Waals surface area contributed by atoms with Crippen LogP contribution in [0.3, 0.4) is 0 Å². The summed E-state index contributed by atoms with van der Waals surface area (Å²) in [4.78, 5) is 5.39. The first-order valence-corrected chi connectivity index (χ1v) is 12.6. The Morgan fingerprint density at radius 3 is 2.26 bits per heavy atom. The minimum atomic E-state index is 0.481. The third kappa shape index (κ3) is 6.13. The molecule has 2 nitrogen and oxygen atoms in total. The number of hydrogen-bond acceptors (Lipinski definition) is 2. The molecule has 2 heteroatoms. The van der Waals surface area contributed by atoms with Crippen LogP contribution in [0.5, 0.6) is 0 Å². The molecule has 0 aliphatic carbocycles. The van der Waals surface area contributed by atoms with Gasteiger partial charge in [0.05, 0.1) is 0 Å². The van der Waals surface area contributed by atoms with Crippen LogP contribution in [-0.2, 0) is 0 Å². The van der Waals surface area contributed by atoms with Crippen LogP contribution in [0.4, 0.5) is 5.69 Å². The lowest BCUT2D eigenvalue weighted by molar-refractivity contribution is 0.171. The molecule has 0 aromatic heterocycles. The molecule has 2 aliphatic rings. The number of fused-ring (bicyclic) bond motifs is 1. The second-order valence-electron chi connectivity index (χ2n) is 11.0. The molecule has 1 fully saturated rings. The Kier molecular flexibility index (Phi) is 7.38. The van der Waals surface area contributed by atoms with Gasteiger partial charge >= 0.3 is 0 Å². The van der Waals surface area contributed by atoms with Crippen molar-refractivity contribution in [1.29, 1.82) is 0 Å². The molecule has 1 unspecified atom stereocenters. The van der Waals surface area contributed by atoms with Crippen LogP contribution in [0.25, 0.3) is 0 Å². The third-order valence-corrected chi connectivity index (χ3v) is 7.47. The summed E-state index contributed by atoms with van der Waals surface area (Å²) in [5, 5.41) is 0. The van der Waals surface area contributed by atoms with E-state index in [9.17, 15) is 0 Å². The molecule has 31 heavy (non-hydrogen) atoms. The number of rotatable bonds is 6. The first-order valence-electron chi connectivity index (χ1n) is 12.6. The van der Waals surface area contributed by atoms with Gasteiger partial charge in [-0.05, 0) is 80.1 Å². The van der Waals surface area contributed by atoms with Gasteiger partial charge in [0.15, 0.2) is 0 Å². The summed E-state index contributed by atoms with van der Waals surface area (Å²) in [5.41, 5.74) is 4.93. The molecule has 0 radical (unpaired) electrons. The number of anilines is 1. The maximum atomic E-state index is 2.72. The Bertz CT molecular complexity index is 799. The zero-order valence-electron chi connectivity index (χ0n) is 20.0. The molecule has 168 valence electrons. The number of hydrogen-bond donors (Lipinski definition) is 0. The standard InChI is InChI=1S/C29H42N2/c1-29(2,3)18-15-24-16-20-30(21-17-24)22-23-31-19-9-13-26(25-10-5-4-6-11-25)27-12-7-8-14-28(27)31/h4-8,10-12,14,24,26H,9,13,15-23H2,1-3H3. The van der Waals surface area contributed by atoms with E-state index in [0.717, 1.165) is 12.5 Å². The second kappa shape index (κ2) is 10.2.